The Balaban J connectivity index is 2.10. The van der Waals surface area contributed by atoms with E-state index in [0.717, 1.165) is 36.6 Å². The Morgan fingerprint density at radius 2 is 2.13 bits per heavy atom. The molecule has 0 bridgehead atoms. The zero-order valence-corrected chi connectivity index (χ0v) is 17.8. The number of alkyl halides is 3. The monoisotopic (exact) mass is 453 g/mol. The molecule has 1 N–H and O–H groups in total. The van der Waals surface area contributed by atoms with Crippen molar-refractivity contribution >= 4 is 27.6 Å². The number of ether oxygens (including phenoxy) is 1. The fourth-order valence-corrected chi connectivity index (χ4v) is 3.88. The van der Waals surface area contributed by atoms with Gasteiger partial charge in [0, 0.05) is 12.7 Å². The normalized spacial score (nSPS) is 13.5. The first kappa shape index (κ1) is 23.0. The van der Waals surface area contributed by atoms with E-state index in [9.17, 15) is 23.1 Å². The molecule has 0 spiro atoms. The number of fused-ring (bicyclic) bond motifs is 1. The summed E-state index contributed by atoms with van der Waals surface area (Å²) in [4.78, 5) is 22.4. The van der Waals surface area contributed by atoms with Crippen LogP contribution in [0.3, 0.4) is 0 Å². The Morgan fingerprint density at radius 3 is 2.81 bits per heavy atom. The standard InChI is InChI=1S/C21H22F3N3O3S/c1-3-4-10-27-16-6-5-9-25-19(16)31-20(27)26-18(29)15-11-14(21(22,23)24)7-8-17(15)30-12-13(2)28/h5-9,11,13,28H,3-4,10,12H2,1-2H3/b26-20-/t13-/m0/s1. The van der Waals surface area contributed by atoms with Crippen LogP contribution in [-0.4, -0.2) is 33.3 Å². The van der Waals surface area contributed by atoms with Gasteiger partial charge in [-0.15, -0.1) is 0 Å². The Morgan fingerprint density at radius 1 is 1.35 bits per heavy atom. The van der Waals surface area contributed by atoms with Gasteiger partial charge in [0.2, 0.25) is 0 Å². The SMILES string of the molecule is CCCCn1/c(=N/C(=O)c2cc(C(F)(F)F)ccc2OC[C@H](C)O)sc2ncccc21. The minimum atomic E-state index is -4.62. The summed E-state index contributed by atoms with van der Waals surface area (Å²) in [5.74, 6) is -0.925. The number of carbonyl (C=O) groups excluding carboxylic acids is 1. The number of aliphatic hydroxyl groups excluding tert-OH is 1. The van der Waals surface area contributed by atoms with Crippen molar-refractivity contribution in [2.45, 2.75) is 45.5 Å². The second kappa shape index (κ2) is 9.61. The van der Waals surface area contributed by atoms with Crippen LogP contribution in [0.5, 0.6) is 5.75 Å². The van der Waals surface area contributed by atoms with Gasteiger partial charge in [-0.05, 0) is 43.7 Å². The van der Waals surface area contributed by atoms with Crippen molar-refractivity contribution in [1.82, 2.24) is 9.55 Å². The minimum absolute atomic E-state index is 0.0676. The van der Waals surface area contributed by atoms with E-state index >= 15 is 0 Å². The van der Waals surface area contributed by atoms with E-state index in [1.165, 1.54) is 18.3 Å². The number of carbonyl (C=O) groups is 1. The number of aryl methyl sites for hydroxylation is 1. The highest BCUT2D eigenvalue weighted by atomic mass is 32.1. The number of thiazole rings is 1. The summed E-state index contributed by atoms with van der Waals surface area (Å²) in [7, 11) is 0. The molecule has 10 heteroatoms. The van der Waals surface area contributed by atoms with E-state index < -0.39 is 23.8 Å². The fourth-order valence-electron chi connectivity index (χ4n) is 2.88. The zero-order valence-electron chi connectivity index (χ0n) is 17.0. The van der Waals surface area contributed by atoms with Crippen LogP contribution in [0.15, 0.2) is 41.5 Å². The quantitative estimate of drug-likeness (QED) is 0.575. The molecule has 0 saturated heterocycles. The van der Waals surface area contributed by atoms with Crippen molar-refractivity contribution in [3.63, 3.8) is 0 Å². The molecule has 166 valence electrons. The predicted octanol–water partition coefficient (Wildman–Crippen LogP) is 4.42. The van der Waals surface area contributed by atoms with Gasteiger partial charge >= 0.3 is 6.18 Å². The van der Waals surface area contributed by atoms with Crippen LogP contribution in [0.25, 0.3) is 10.3 Å². The van der Waals surface area contributed by atoms with Crippen molar-refractivity contribution in [2.24, 2.45) is 4.99 Å². The molecule has 2 aromatic heterocycles. The average molecular weight is 453 g/mol. The molecule has 0 fully saturated rings. The maximum Gasteiger partial charge on any atom is 0.416 e. The Labute approximate surface area is 180 Å². The summed E-state index contributed by atoms with van der Waals surface area (Å²) < 4.78 is 46.9. The Hall–Kier alpha value is -2.72. The van der Waals surface area contributed by atoms with Crippen LogP contribution in [0.2, 0.25) is 0 Å². The number of rotatable bonds is 7. The highest BCUT2D eigenvalue weighted by molar-refractivity contribution is 7.15. The van der Waals surface area contributed by atoms with E-state index in [1.54, 1.807) is 12.3 Å². The zero-order chi connectivity index (χ0) is 22.6. The third kappa shape index (κ3) is 5.50. The number of nitrogens with zero attached hydrogens (tertiary/aromatic N) is 3. The second-order valence-electron chi connectivity index (χ2n) is 7.00. The number of halogens is 3. The smallest absolute Gasteiger partial charge is 0.416 e. The van der Waals surface area contributed by atoms with Crippen molar-refractivity contribution in [3.05, 3.63) is 52.5 Å². The molecule has 2 heterocycles. The van der Waals surface area contributed by atoms with Gasteiger partial charge in [0.05, 0.1) is 22.7 Å². The molecule has 0 unspecified atom stereocenters. The van der Waals surface area contributed by atoms with Crippen LogP contribution in [0.4, 0.5) is 13.2 Å². The summed E-state index contributed by atoms with van der Waals surface area (Å²) in [5.41, 5.74) is -0.489. The van der Waals surface area contributed by atoms with E-state index in [2.05, 4.69) is 9.98 Å². The molecule has 1 atom stereocenters. The lowest BCUT2D eigenvalue weighted by molar-refractivity contribution is -0.137. The first-order chi connectivity index (χ1) is 14.7. The maximum absolute atomic E-state index is 13.2. The van der Waals surface area contributed by atoms with Crippen molar-refractivity contribution < 1.29 is 27.8 Å². The molecular weight excluding hydrogens is 431 g/mol. The van der Waals surface area contributed by atoms with Gasteiger partial charge in [-0.1, -0.05) is 24.7 Å². The summed E-state index contributed by atoms with van der Waals surface area (Å²) >= 11 is 1.19. The van der Waals surface area contributed by atoms with Crippen molar-refractivity contribution in [3.8, 4) is 5.75 Å². The van der Waals surface area contributed by atoms with Gasteiger partial charge in [-0.3, -0.25) is 4.79 Å². The van der Waals surface area contributed by atoms with Gasteiger partial charge in [0.15, 0.2) is 4.80 Å². The highest BCUT2D eigenvalue weighted by Crippen LogP contribution is 2.33. The number of aromatic nitrogens is 2. The Bertz CT molecular complexity index is 1140. The molecule has 0 saturated carbocycles. The average Bonchev–Trinajstić information content (AvgIpc) is 3.06. The number of pyridine rings is 1. The summed E-state index contributed by atoms with van der Waals surface area (Å²) in [6, 6.07) is 6.27. The molecule has 3 aromatic rings. The lowest BCUT2D eigenvalue weighted by Gasteiger charge is -2.13. The number of hydrogen-bond acceptors (Lipinski definition) is 5. The minimum Gasteiger partial charge on any atom is -0.490 e. The van der Waals surface area contributed by atoms with Gasteiger partial charge in [0.25, 0.3) is 5.91 Å². The largest absolute Gasteiger partial charge is 0.490 e. The van der Waals surface area contributed by atoms with Gasteiger partial charge in [-0.2, -0.15) is 18.2 Å². The molecule has 0 aliphatic rings. The molecule has 1 aromatic carbocycles. The highest BCUT2D eigenvalue weighted by Gasteiger charge is 2.32. The van der Waals surface area contributed by atoms with E-state index in [-0.39, 0.29) is 17.9 Å². The molecule has 0 aliphatic carbocycles. The number of hydrogen-bond donors (Lipinski definition) is 1. The molecular formula is C21H22F3N3O3S. The lowest BCUT2D eigenvalue weighted by Crippen LogP contribution is -2.19. The van der Waals surface area contributed by atoms with Crippen LogP contribution in [0, 0.1) is 0 Å². The lowest BCUT2D eigenvalue weighted by atomic mass is 10.1. The van der Waals surface area contributed by atoms with Crippen molar-refractivity contribution in [2.75, 3.05) is 6.61 Å². The van der Waals surface area contributed by atoms with Crippen LogP contribution < -0.4 is 9.54 Å². The van der Waals surface area contributed by atoms with Crippen LogP contribution in [0.1, 0.15) is 42.6 Å². The molecule has 0 radical (unpaired) electrons. The van der Waals surface area contributed by atoms with E-state index in [1.807, 2.05) is 17.6 Å². The number of benzene rings is 1. The van der Waals surface area contributed by atoms with Gasteiger partial charge in [0.1, 0.15) is 17.2 Å². The van der Waals surface area contributed by atoms with Crippen LogP contribution in [-0.2, 0) is 12.7 Å². The van der Waals surface area contributed by atoms with E-state index in [4.69, 9.17) is 4.74 Å². The number of aliphatic hydroxyl groups is 1. The summed E-state index contributed by atoms with van der Waals surface area (Å²) in [6.45, 7) is 3.93. The van der Waals surface area contributed by atoms with Crippen molar-refractivity contribution in [1.29, 1.82) is 0 Å². The second-order valence-corrected chi connectivity index (χ2v) is 7.96. The molecule has 0 aliphatic heterocycles. The van der Waals surface area contributed by atoms with Gasteiger partial charge in [-0.25, -0.2) is 4.98 Å². The summed E-state index contributed by atoms with van der Waals surface area (Å²) in [6.07, 6.45) is -2.09. The first-order valence-electron chi connectivity index (χ1n) is 9.76. The maximum atomic E-state index is 13.2. The summed E-state index contributed by atoms with van der Waals surface area (Å²) in [5, 5.41) is 9.44. The molecule has 31 heavy (non-hydrogen) atoms. The third-order valence-corrected chi connectivity index (χ3v) is 5.41. The third-order valence-electron chi connectivity index (χ3n) is 4.41. The van der Waals surface area contributed by atoms with E-state index in [0.29, 0.717) is 16.2 Å². The topological polar surface area (TPSA) is 76.7 Å². The van der Waals surface area contributed by atoms with Gasteiger partial charge < -0.3 is 14.4 Å². The number of amides is 1. The van der Waals surface area contributed by atoms with Crippen LogP contribution >= 0.6 is 11.3 Å². The first-order valence-corrected chi connectivity index (χ1v) is 10.6. The fraction of sp³-hybridized carbons (Fsp3) is 0.381. The Kier molecular flexibility index (Phi) is 7.11. The molecule has 1 amide bonds. The molecule has 6 nitrogen and oxygen atoms in total. The predicted molar refractivity (Wildman–Crippen MR) is 111 cm³/mol. The molecule has 3 rings (SSSR count). The number of unbranched alkanes of at least 4 members (excludes halogenated alkanes) is 1.